The Kier molecular flexibility index (Phi) is 13.1. The topological polar surface area (TPSA) is 205 Å². The summed E-state index contributed by atoms with van der Waals surface area (Å²) in [5, 5.41) is 0. The highest BCUT2D eigenvalue weighted by Gasteiger charge is 2.41. The van der Waals surface area contributed by atoms with Crippen molar-refractivity contribution in [3.63, 3.8) is 0 Å². The van der Waals surface area contributed by atoms with E-state index in [2.05, 4.69) is 9.97 Å². The Labute approximate surface area is 276 Å². The molecular formula is C34H42N2O12. The monoisotopic (exact) mass is 670 g/mol. The molecule has 0 saturated heterocycles. The van der Waals surface area contributed by atoms with Crippen LogP contribution in [0.4, 0.5) is 0 Å². The molecule has 14 nitrogen and oxygen atoms in total. The summed E-state index contributed by atoms with van der Waals surface area (Å²) >= 11 is 0. The first kappa shape index (κ1) is 37.6. The number of carbonyl (C=O) groups is 6. The molecule has 2 aromatic heterocycles. The predicted octanol–water partition coefficient (Wildman–Crippen LogP) is 2.31. The van der Waals surface area contributed by atoms with Gasteiger partial charge in [0.15, 0.2) is 17.6 Å². The second-order valence-corrected chi connectivity index (χ2v) is 11.0. The lowest BCUT2D eigenvalue weighted by Gasteiger charge is -2.25. The lowest BCUT2D eigenvalue weighted by Crippen LogP contribution is -2.38. The number of hydrogen-bond acceptors (Lipinski definition) is 12. The molecule has 48 heavy (non-hydrogen) atoms. The SMILES string of the molecule is CCCc1c2c([nH]c(=O)c1CC(C(=O)OCC)C(=O)OCC)C(=O)c1[nH]c(=O)c(CC(C(=O)OCC)C(=O)OCC)c(CCC)c1C2=O. The van der Waals surface area contributed by atoms with Crippen LogP contribution in [0.25, 0.3) is 0 Å². The molecule has 0 bridgehead atoms. The van der Waals surface area contributed by atoms with Gasteiger partial charge in [-0.15, -0.1) is 0 Å². The highest BCUT2D eigenvalue weighted by atomic mass is 16.6. The van der Waals surface area contributed by atoms with Gasteiger partial charge in [0.05, 0.1) is 37.6 Å². The van der Waals surface area contributed by atoms with Crippen LogP contribution >= 0.6 is 0 Å². The number of ether oxygens (including phenoxy) is 4. The molecule has 0 amide bonds. The van der Waals surface area contributed by atoms with Crippen LogP contribution in [-0.2, 0) is 63.8 Å². The standard InChI is InChI=1S/C34H42N2O12/c1-7-13-17-19(15-21(31(41)45-9-3)32(42)46-10-4)29(39)35-25-23(17)27(37)24-18(14-8-2)20(30(40)36-26(24)28(25)38)16-22(33(43)47-11-5)34(44)48-12-6/h21-22H,7-16H2,1-6H3,(H,35,39)(H,36,40). The molecule has 14 heteroatoms. The molecule has 260 valence electrons. The second kappa shape index (κ2) is 16.8. The van der Waals surface area contributed by atoms with Crippen molar-refractivity contribution < 1.29 is 47.7 Å². The molecule has 3 rings (SSSR count). The van der Waals surface area contributed by atoms with E-state index in [9.17, 15) is 38.4 Å². The highest BCUT2D eigenvalue weighted by molar-refractivity contribution is 6.28. The van der Waals surface area contributed by atoms with Gasteiger partial charge < -0.3 is 28.9 Å². The Morgan fingerprint density at radius 2 is 0.812 bits per heavy atom. The van der Waals surface area contributed by atoms with Gasteiger partial charge in [-0.25, -0.2) is 0 Å². The van der Waals surface area contributed by atoms with Crippen LogP contribution in [0.1, 0.15) is 109 Å². The normalized spacial score (nSPS) is 12.1. The van der Waals surface area contributed by atoms with Crippen LogP contribution < -0.4 is 11.1 Å². The van der Waals surface area contributed by atoms with E-state index in [1.54, 1.807) is 41.5 Å². The lowest BCUT2D eigenvalue weighted by atomic mass is 9.79. The second-order valence-electron chi connectivity index (χ2n) is 11.0. The summed E-state index contributed by atoms with van der Waals surface area (Å²) in [6.07, 6.45) is 0.177. The van der Waals surface area contributed by atoms with Gasteiger partial charge in [0.25, 0.3) is 11.1 Å². The Bertz CT molecular complexity index is 1560. The number of ketones is 2. The minimum absolute atomic E-state index is 0.0329. The summed E-state index contributed by atoms with van der Waals surface area (Å²) < 4.78 is 20.3. The zero-order valence-corrected chi connectivity index (χ0v) is 28.1. The molecule has 2 aromatic rings. The molecule has 0 radical (unpaired) electrons. The molecule has 1 aliphatic rings. The van der Waals surface area contributed by atoms with Gasteiger partial charge in [-0.3, -0.25) is 38.4 Å². The number of esters is 4. The van der Waals surface area contributed by atoms with Crippen LogP contribution in [0.5, 0.6) is 0 Å². The van der Waals surface area contributed by atoms with Crippen molar-refractivity contribution in [3.8, 4) is 0 Å². The van der Waals surface area contributed by atoms with Gasteiger partial charge >= 0.3 is 23.9 Å². The maximum absolute atomic E-state index is 14.5. The van der Waals surface area contributed by atoms with Gasteiger partial charge in [-0.2, -0.15) is 0 Å². The summed E-state index contributed by atoms with van der Waals surface area (Å²) in [6.45, 7) is 9.69. The molecule has 2 N–H and O–H groups in total. The number of H-pyrrole nitrogens is 2. The van der Waals surface area contributed by atoms with E-state index < -0.39 is 71.2 Å². The first-order valence-electron chi connectivity index (χ1n) is 16.2. The van der Waals surface area contributed by atoms with E-state index in [4.69, 9.17) is 18.9 Å². The Morgan fingerprint density at radius 1 is 0.500 bits per heavy atom. The zero-order valence-electron chi connectivity index (χ0n) is 28.1. The van der Waals surface area contributed by atoms with E-state index in [0.29, 0.717) is 12.8 Å². The first-order valence-corrected chi connectivity index (χ1v) is 16.2. The van der Waals surface area contributed by atoms with Gasteiger partial charge in [0, 0.05) is 24.0 Å². The van der Waals surface area contributed by atoms with Crippen LogP contribution in [-0.4, -0.2) is 71.8 Å². The van der Waals surface area contributed by atoms with Crippen molar-refractivity contribution in [2.45, 2.75) is 80.1 Å². The van der Waals surface area contributed by atoms with Gasteiger partial charge in [-0.05, 0) is 51.7 Å². The van der Waals surface area contributed by atoms with E-state index in [0.717, 1.165) is 0 Å². The Hall–Kier alpha value is -4.88. The third kappa shape index (κ3) is 7.63. The minimum atomic E-state index is -1.51. The average Bonchev–Trinajstić information content (AvgIpc) is 3.03. The van der Waals surface area contributed by atoms with Crippen molar-refractivity contribution >= 4 is 35.4 Å². The fraction of sp³-hybridized carbons (Fsp3) is 0.529. The highest BCUT2D eigenvalue weighted by Crippen LogP contribution is 2.33. The quantitative estimate of drug-likeness (QED) is 0.128. The van der Waals surface area contributed by atoms with Crippen LogP contribution in [0, 0.1) is 11.8 Å². The summed E-state index contributed by atoms with van der Waals surface area (Å²) in [6, 6.07) is 0. The largest absolute Gasteiger partial charge is 0.465 e. The summed E-state index contributed by atoms with van der Waals surface area (Å²) in [4.78, 5) is 112. The Morgan fingerprint density at radius 3 is 1.08 bits per heavy atom. The number of aromatic amines is 2. The number of carbonyl (C=O) groups excluding carboxylic acids is 6. The summed E-state index contributed by atoms with van der Waals surface area (Å²) in [5.74, 6) is -8.16. The molecule has 0 aromatic carbocycles. The average molecular weight is 671 g/mol. The lowest BCUT2D eigenvalue weighted by molar-refractivity contribution is -0.163. The number of nitrogens with one attached hydrogen (secondary N) is 2. The number of aromatic nitrogens is 2. The summed E-state index contributed by atoms with van der Waals surface area (Å²) in [7, 11) is 0. The molecule has 0 spiro atoms. The van der Waals surface area contributed by atoms with Gasteiger partial charge in [0.1, 0.15) is 11.4 Å². The molecule has 0 aliphatic heterocycles. The third-order valence-corrected chi connectivity index (χ3v) is 7.87. The maximum atomic E-state index is 14.5. The molecular weight excluding hydrogens is 628 g/mol. The molecule has 0 fully saturated rings. The first-order chi connectivity index (χ1) is 22.9. The number of pyridine rings is 2. The Balaban J connectivity index is 2.31. The van der Waals surface area contributed by atoms with Crippen molar-refractivity contribution in [2.75, 3.05) is 26.4 Å². The molecule has 1 aliphatic carbocycles. The smallest absolute Gasteiger partial charge is 0.320 e. The van der Waals surface area contributed by atoms with Crippen LogP contribution in [0.15, 0.2) is 9.59 Å². The van der Waals surface area contributed by atoms with E-state index in [1.165, 1.54) is 0 Å². The summed E-state index contributed by atoms with van der Waals surface area (Å²) in [5.41, 5.74) is -2.29. The van der Waals surface area contributed by atoms with Crippen molar-refractivity contribution in [2.24, 2.45) is 11.8 Å². The number of hydrogen-bond donors (Lipinski definition) is 2. The van der Waals surface area contributed by atoms with Gasteiger partial charge in [-0.1, -0.05) is 26.7 Å². The van der Waals surface area contributed by atoms with Crippen molar-refractivity contribution in [1.29, 1.82) is 0 Å². The predicted molar refractivity (Wildman–Crippen MR) is 170 cm³/mol. The van der Waals surface area contributed by atoms with E-state index in [1.807, 2.05) is 0 Å². The zero-order chi connectivity index (χ0) is 35.7. The molecule has 0 saturated carbocycles. The van der Waals surface area contributed by atoms with Crippen molar-refractivity contribution in [3.05, 3.63) is 65.5 Å². The number of fused-ring (bicyclic) bond motifs is 2. The van der Waals surface area contributed by atoms with Crippen molar-refractivity contribution in [1.82, 2.24) is 9.97 Å². The van der Waals surface area contributed by atoms with E-state index in [-0.39, 0.29) is 84.0 Å². The fourth-order valence-electron chi connectivity index (χ4n) is 5.86. The van der Waals surface area contributed by atoms with Crippen LogP contribution in [0.2, 0.25) is 0 Å². The molecule has 0 unspecified atom stereocenters. The van der Waals surface area contributed by atoms with Gasteiger partial charge in [0.2, 0.25) is 5.78 Å². The minimum Gasteiger partial charge on any atom is -0.465 e. The van der Waals surface area contributed by atoms with Crippen LogP contribution in [0.3, 0.4) is 0 Å². The third-order valence-electron chi connectivity index (χ3n) is 7.87. The van der Waals surface area contributed by atoms with E-state index >= 15 is 0 Å². The fourth-order valence-corrected chi connectivity index (χ4v) is 5.86. The number of rotatable bonds is 16. The maximum Gasteiger partial charge on any atom is 0.320 e. The molecule has 0 atom stereocenters. The molecule has 2 heterocycles.